The Morgan fingerprint density at radius 1 is 1.86 bits per heavy atom. The molecule has 0 fully saturated rings. The lowest BCUT2D eigenvalue weighted by Crippen LogP contribution is -1.77. The summed E-state index contributed by atoms with van der Waals surface area (Å²) < 4.78 is 0. The zero-order chi connectivity index (χ0) is 5.28. The van der Waals surface area contributed by atoms with Gasteiger partial charge >= 0.3 is 5.24 Å². The van der Waals surface area contributed by atoms with Gasteiger partial charge in [-0.1, -0.05) is 11.6 Å². The maximum Gasteiger partial charge on any atom is 0.326 e. The van der Waals surface area contributed by atoms with Gasteiger partial charge in [-0.15, -0.1) is 5.11 Å². The van der Waals surface area contributed by atoms with E-state index in [4.69, 9.17) is 11.6 Å². The first-order chi connectivity index (χ1) is 3.29. The monoisotopic (exact) mass is 136 g/mol. The smallest absolute Gasteiger partial charge is 0.258 e. The van der Waals surface area contributed by atoms with Gasteiger partial charge in [-0.25, -0.2) is 0 Å². The summed E-state index contributed by atoms with van der Waals surface area (Å²) >= 11 is 6.20. The predicted octanol–water partition coefficient (Wildman–Crippen LogP) is 1.83. The second-order valence-electron chi connectivity index (χ2n) is 0.891. The van der Waals surface area contributed by atoms with Gasteiger partial charge in [0.2, 0.25) is 0 Å². The number of hydrogen-bond acceptors (Lipinski definition) is 3. The van der Waals surface area contributed by atoms with E-state index in [1.807, 2.05) is 0 Å². The molecular formula is C2HClN2OS. The molecule has 1 aliphatic heterocycles. The molecular weight excluding hydrogens is 136 g/mol. The number of alkyl halides is 1. The van der Waals surface area contributed by atoms with Crippen molar-refractivity contribution in [1.82, 2.24) is 0 Å². The van der Waals surface area contributed by atoms with Crippen LogP contribution in [0.5, 0.6) is 0 Å². The van der Waals surface area contributed by atoms with Gasteiger partial charge < -0.3 is 0 Å². The highest BCUT2D eigenvalue weighted by atomic mass is 35.5. The maximum absolute atomic E-state index is 10.1. The van der Waals surface area contributed by atoms with Crippen LogP contribution >= 0.6 is 23.4 Å². The summed E-state index contributed by atoms with van der Waals surface area (Å²) in [6, 6.07) is 0. The summed E-state index contributed by atoms with van der Waals surface area (Å²) in [6.45, 7) is 0. The van der Waals surface area contributed by atoms with Crippen LogP contribution in [0.3, 0.4) is 0 Å². The van der Waals surface area contributed by atoms with Gasteiger partial charge in [-0.05, 0) is 11.8 Å². The molecule has 1 heterocycles. The summed E-state index contributed by atoms with van der Waals surface area (Å²) in [5.41, 5.74) is 0. The molecule has 0 radical (unpaired) electrons. The van der Waals surface area contributed by atoms with E-state index in [1.165, 1.54) is 0 Å². The molecule has 7 heavy (non-hydrogen) atoms. The van der Waals surface area contributed by atoms with E-state index in [0.29, 0.717) is 0 Å². The summed E-state index contributed by atoms with van der Waals surface area (Å²) in [6.07, 6.45) is 0. The first kappa shape index (κ1) is 5.05. The van der Waals surface area contributed by atoms with Crippen LogP contribution in [0.1, 0.15) is 0 Å². The normalized spacial score (nSPS) is 29.3. The number of hydrogen-bond donors (Lipinski definition) is 0. The largest absolute Gasteiger partial charge is 0.326 e. The highest BCUT2D eigenvalue weighted by Gasteiger charge is 2.15. The van der Waals surface area contributed by atoms with Crippen LogP contribution in [0, 0.1) is 0 Å². The predicted molar refractivity (Wildman–Crippen MR) is 27.5 cm³/mol. The molecule has 0 aliphatic carbocycles. The Morgan fingerprint density at radius 2 is 2.57 bits per heavy atom. The lowest BCUT2D eigenvalue weighted by Gasteiger charge is -1.80. The minimum Gasteiger partial charge on any atom is -0.258 e. The van der Waals surface area contributed by atoms with Crippen molar-refractivity contribution < 1.29 is 4.79 Å². The third-order valence-corrected chi connectivity index (χ3v) is 1.35. The van der Waals surface area contributed by atoms with Crippen LogP contribution in [0.15, 0.2) is 10.2 Å². The molecule has 1 amide bonds. The number of halogens is 1. The molecule has 0 saturated carbocycles. The number of nitrogens with zero attached hydrogens (tertiary/aromatic N) is 2. The molecule has 38 valence electrons. The van der Waals surface area contributed by atoms with Crippen LogP contribution in [-0.2, 0) is 0 Å². The number of amides is 1. The summed E-state index contributed by atoms with van der Waals surface area (Å²) in [4.78, 5) is 9.59. The molecule has 5 heteroatoms. The van der Waals surface area contributed by atoms with Crippen molar-refractivity contribution in [3.8, 4) is 0 Å². The van der Waals surface area contributed by atoms with Crippen LogP contribution < -0.4 is 0 Å². The zero-order valence-electron chi connectivity index (χ0n) is 3.17. The molecule has 0 aromatic carbocycles. The van der Waals surface area contributed by atoms with E-state index in [-0.39, 0.29) is 5.24 Å². The molecule has 0 bridgehead atoms. The van der Waals surface area contributed by atoms with Gasteiger partial charge in [0.15, 0.2) is 4.83 Å². The fraction of sp³-hybridized carbons (Fsp3) is 0.500. The Kier molecular flexibility index (Phi) is 1.30. The first-order valence-corrected chi connectivity index (χ1v) is 2.86. The molecule has 0 N–H and O–H groups in total. The van der Waals surface area contributed by atoms with E-state index in [2.05, 4.69) is 10.2 Å². The number of rotatable bonds is 0. The highest BCUT2D eigenvalue weighted by molar-refractivity contribution is 8.15. The molecule has 1 unspecified atom stereocenters. The zero-order valence-corrected chi connectivity index (χ0v) is 4.74. The number of carbonyl (C=O) groups excluding carboxylic acids is 1. The quantitative estimate of drug-likeness (QED) is 0.377. The minimum atomic E-state index is -0.479. The van der Waals surface area contributed by atoms with Crippen LogP contribution in [0.25, 0.3) is 0 Å². The second-order valence-corrected chi connectivity index (χ2v) is 2.59. The van der Waals surface area contributed by atoms with Crippen molar-refractivity contribution >= 4 is 28.6 Å². The van der Waals surface area contributed by atoms with Crippen LogP contribution in [0.2, 0.25) is 0 Å². The molecule has 1 aliphatic rings. The van der Waals surface area contributed by atoms with Crippen molar-refractivity contribution in [2.45, 2.75) is 4.83 Å². The SMILES string of the molecule is O=C1N=NC(Cl)S1. The second kappa shape index (κ2) is 1.79. The number of thioether (sulfide) groups is 1. The van der Waals surface area contributed by atoms with Gasteiger partial charge in [0.1, 0.15) is 0 Å². The third-order valence-electron chi connectivity index (χ3n) is 0.428. The summed E-state index contributed by atoms with van der Waals surface area (Å²) in [5, 5.41) is 6.15. The fourth-order valence-electron chi connectivity index (χ4n) is 0.223. The fourth-order valence-corrected chi connectivity index (χ4v) is 0.850. The van der Waals surface area contributed by atoms with Crippen LogP contribution in [0.4, 0.5) is 4.79 Å². The molecule has 0 spiro atoms. The molecule has 0 saturated heterocycles. The first-order valence-electron chi connectivity index (χ1n) is 1.54. The van der Waals surface area contributed by atoms with E-state index in [1.54, 1.807) is 0 Å². The van der Waals surface area contributed by atoms with Crippen molar-refractivity contribution in [2.24, 2.45) is 10.2 Å². The Bertz CT molecular complexity index is 125. The van der Waals surface area contributed by atoms with E-state index in [0.717, 1.165) is 11.8 Å². The Labute approximate surface area is 49.1 Å². The molecule has 0 aromatic rings. The van der Waals surface area contributed by atoms with Crippen LogP contribution in [-0.4, -0.2) is 10.1 Å². The molecule has 0 aromatic heterocycles. The van der Waals surface area contributed by atoms with Gasteiger partial charge in [0.25, 0.3) is 0 Å². The van der Waals surface area contributed by atoms with Gasteiger partial charge in [-0.2, -0.15) is 5.11 Å². The standard InChI is InChI=1S/C2HClN2OS/c3-1-4-5-2(6)7-1/h1H. The van der Waals surface area contributed by atoms with Crippen molar-refractivity contribution in [1.29, 1.82) is 0 Å². The van der Waals surface area contributed by atoms with E-state index < -0.39 is 4.83 Å². The summed E-state index contributed by atoms with van der Waals surface area (Å²) in [7, 11) is 0. The Morgan fingerprint density at radius 3 is 2.71 bits per heavy atom. The molecule has 1 rings (SSSR count). The average Bonchev–Trinajstić information content (AvgIpc) is 1.87. The third kappa shape index (κ3) is 1.14. The Hall–Kier alpha value is -0.0900. The van der Waals surface area contributed by atoms with Gasteiger partial charge in [0.05, 0.1) is 0 Å². The van der Waals surface area contributed by atoms with Crippen molar-refractivity contribution in [2.75, 3.05) is 0 Å². The lowest BCUT2D eigenvalue weighted by molar-refractivity contribution is 0.267. The molecule has 3 nitrogen and oxygen atoms in total. The van der Waals surface area contributed by atoms with Gasteiger partial charge in [0, 0.05) is 0 Å². The van der Waals surface area contributed by atoms with E-state index >= 15 is 0 Å². The van der Waals surface area contributed by atoms with Crippen molar-refractivity contribution in [3.63, 3.8) is 0 Å². The van der Waals surface area contributed by atoms with E-state index in [9.17, 15) is 4.79 Å². The number of carbonyl (C=O) groups is 1. The maximum atomic E-state index is 10.1. The van der Waals surface area contributed by atoms with Crippen molar-refractivity contribution in [3.05, 3.63) is 0 Å². The number of azo groups is 1. The topological polar surface area (TPSA) is 41.8 Å². The minimum absolute atomic E-state index is 0.306. The Balaban J connectivity index is 2.58. The summed E-state index contributed by atoms with van der Waals surface area (Å²) in [5.74, 6) is 0. The van der Waals surface area contributed by atoms with Gasteiger partial charge in [-0.3, -0.25) is 4.79 Å². The lowest BCUT2D eigenvalue weighted by atomic mass is 11.4. The average molecular weight is 137 g/mol. The molecule has 1 atom stereocenters. The highest BCUT2D eigenvalue weighted by Crippen LogP contribution is 2.25.